The molecule has 2 aliphatic rings. The summed E-state index contributed by atoms with van der Waals surface area (Å²) in [6.07, 6.45) is 10.7. The lowest BCUT2D eigenvalue weighted by atomic mass is 9.88. The van der Waals surface area contributed by atoms with Gasteiger partial charge in [-0.05, 0) is 31.1 Å². The van der Waals surface area contributed by atoms with Gasteiger partial charge in [0.15, 0.2) is 0 Å². The van der Waals surface area contributed by atoms with Crippen LogP contribution in [-0.4, -0.2) is 0 Å². The highest BCUT2D eigenvalue weighted by Crippen LogP contribution is 2.35. The summed E-state index contributed by atoms with van der Waals surface area (Å²) in [4.78, 5) is 0. The molecule has 8 heavy (non-hydrogen) atoms. The van der Waals surface area contributed by atoms with Crippen molar-refractivity contribution in [2.75, 3.05) is 0 Å². The molecule has 2 rings (SSSR count). The van der Waals surface area contributed by atoms with Crippen LogP contribution in [-0.2, 0) is 0 Å². The van der Waals surface area contributed by atoms with Crippen LogP contribution in [0.25, 0.3) is 0 Å². The Morgan fingerprint density at radius 1 is 1.00 bits per heavy atom. The lowest BCUT2D eigenvalue weighted by Gasteiger charge is -2.17. The van der Waals surface area contributed by atoms with Crippen molar-refractivity contribution in [3.63, 3.8) is 0 Å². The molecule has 2 unspecified atom stereocenters. The molecule has 0 aromatic heterocycles. The van der Waals surface area contributed by atoms with Crippen LogP contribution in [0.3, 0.4) is 0 Å². The quantitative estimate of drug-likeness (QED) is 0.418. The van der Waals surface area contributed by atoms with E-state index in [1.165, 1.54) is 25.7 Å². The summed E-state index contributed by atoms with van der Waals surface area (Å²) in [6, 6.07) is 0. The van der Waals surface area contributed by atoms with Crippen molar-refractivity contribution in [3.05, 3.63) is 12.2 Å². The van der Waals surface area contributed by atoms with Crippen LogP contribution >= 0.6 is 0 Å². The molecule has 0 aromatic rings. The first-order valence-electron chi connectivity index (χ1n) is 3.63. The van der Waals surface area contributed by atoms with Gasteiger partial charge in [0.05, 0.1) is 0 Å². The van der Waals surface area contributed by atoms with Gasteiger partial charge < -0.3 is 0 Å². The molecule has 2 atom stereocenters. The van der Waals surface area contributed by atoms with Crippen molar-refractivity contribution in [1.29, 1.82) is 0 Å². The van der Waals surface area contributed by atoms with Crippen LogP contribution < -0.4 is 0 Å². The predicted molar refractivity (Wildman–Crippen MR) is 34.6 cm³/mol. The number of hydrogen-bond acceptors (Lipinski definition) is 0. The first kappa shape index (κ1) is 4.60. The zero-order valence-corrected chi connectivity index (χ0v) is 5.14. The molecule has 0 radical (unpaired) electrons. The minimum absolute atomic E-state index is 0.980. The highest BCUT2D eigenvalue weighted by molar-refractivity contribution is 5.04. The summed E-state index contributed by atoms with van der Waals surface area (Å²) in [6.45, 7) is 0. The second kappa shape index (κ2) is 1.61. The molecule has 0 saturated heterocycles. The summed E-state index contributed by atoms with van der Waals surface area (Å²) in [5.74, 6) is 1.96. The largest absolute Gasteiger partial charge is 0.0851 e. The van der Waals surface area contributed by atoms with E-state index in [0.717, 1.165) is 11.8 Å². The highest BCUT2D eigenvalue weighted by Gasteiger charge is 2.22. The molecule has 44 valence electrons. The van der Waals surface area contributed by atoms with E-state index in [1.54, 1.807) is 0 Å². The van der Waals surface area contributed by atoms with E-state index in [1.807, 2.05) is 0 Å². The average molecular weight is 108 g/mol. The SMILES string of the molecule is C1=CC2CCCC1C2. The molecule has 2 aliphatic carbocycles. The number of fused-ring (bicyclic) bond motifs is 2. The molecule has 0 aromatic carbocycles. The van der Waals surface area contributed by atoms with E-state index in [-0.39, 0.29) is 0 Å². The van der Waals surface area contributed by atoms with Crippen molar-refractivity contribution < 1.29 is 0 Å². The van der Waals surface area contributed by atoms with Crippen molar-refractivity contribution in [2.45, 2.75) is 25.7 Å². The summed E-state index contributed by atoms with van der Waals surface area (Å²) in [7, 11) is 0. The highest BCUT2D eigenvalue weighted by atomic mass is 14.3. The van der Waals surface area contributed by atoms with E-state index >= 15 is 0 Å². The van der Waals surface area contributed by atoms with E-state index < -0.39 is 0 Å². The van der Waals surface area contributed by atoms with Crippen LogP contribution in [0, 0.1) is 11.8 Å². The Hall–Kier alpha value is -0.260. The molecule has 0 heteroatoms. The Labute approximate surface area is 50.6 Å². The molecular formula is C8H12. The summed E-state index contributed by atoms with van der Waals surface area (Å²) in [5, 5.41) is 0. The van der Waals surface area contributed by atoms with Gasteiger partial charge >= 0.3 is 0 Å². The van der Waals surface area contributed by atoms with Gasteiger partial charge in [-0.25, -0.2) is 0 Å². The molecular weight excluding hydrogens is 96.1 g/mol. The summed E-state index contributed by atoms with van der Waals surface area (Å²) in [5.41, 5.74) is 0. The molecule has 1 saturated carbocycles. The standard InChI is InChI=1S/C8H12/c1-2-7-4-5-8(3-1)6-7/h4-5,7-8H,1-3,6H2. The molecule has 1 fully saturated rings. The number of allylic oxidation sites excluding steroid dienone is 2. The first-order valence-corrected chi connectivity index (χ1v) is 3.63. The Morgan fingerprint density at radius 3 is 2.12 bits per heavy atom. The van der Waals surface area contributed by atoms with Gasteiger partial charge in [0.2, 0.25) is 0 Å². The molecule has 2 bridgehead atoms. The molecule has 0 N–H and O–H groups in total. The predicted octanol–water partition coefficient (Wildman–Crippen LogP) is 2.36. The lowest BCUT2D eigenvalue weighted by molar-refractivity contribution is 0.383. The minimum Gasteiger partial charge on any atom is -0.0851 e. The Morgan fingerprint density at radius 2 is 1.62 bits per heavy atom. The van der Waals surface area contributed by atoms with Crippen molar-refractivity contribution in [1.82, 2.24) is 0 Å². The van der Waals surface area contributed by atoms with Gasteiger partial charge in [-0.1, -0.05) is 18.6 Å². The van der Waals surface area contributed by atoms with Crippen LogP contribution in [0.2, 0.25) is 0 Å². The Kier molecular flexibility index (Phi) is 0.927. The normalized spacial score (nSPS) is 43.0. The third-order valence-electron chi connectivity index (χ3n) is 2.41. The maximum atomic E-state index is 2.41. The maximum absolute atomic E-state index is 2.41. The fourth-order valence-electron chi connectivity index (χ4n) is 1.93. The van der Waals surface area contributed by atoms with Crippen LogP contribution in [0.15, 0.2) is 12.2 Å². The maximum Gasteiger partial charge on any atom is -0.0228 e. The third kappa shape index (κ3) is 0.594. The summed E-state index contributed by atoms with van der Waals surface area (Å²) >= 11 is 0. The smallest absolute Gasteiger partial charge is 0.0228 e. The zero-order valence-electron chi connectivity index (χ0n) is 5.14. The molecule has 0 spiro atoms. The fraction of sp³-hybridized carbons (Fsp3) is 0.750. The van der Waals surface area contributed by atoms with Crippen LogP contribution in [0.4, 0.5) is 0 Å². The van der Waals surface area contributed by atoms with E-state index in [0.29, 0.717) is 0 Å². The topological polar surface area (TPSA) is 0 Å². The zero-order chi connectivity index (χ0) is 5.40. The number of rotatable bonds is 0. The van der Waals surface area contributed by atoms with Crippen molar-refractivity contribution in [3.8, 4) is 0 Å². The summed E-state index contributed by atoms with van der Waals surface area (Å²) < 4.78 is 0. The molecule has 0 nitrogen and oxygen atoms in total. The van der Waals surface area contributed by atoms with E-state index in [9.17, 15) is 0 Å². The third-order valence-corrected chi connectivity index (χ3v) is 2.41. The van der Waals surface area contributed by atoms with E-state index in [4.69, 9.17) is 0 Å². The van der Waals surface area contributed by atoms with Crippen molar-refractivity contribution in [2.24, 2.45) is 11.8 Å². The average Bonchev–Trinajstić information content (AvgIpc) is 2.12. The fourth-order valence-corrected chi connectivity index (χ4v) is 1.93. The first-order chi connectivity index (χ1) is 3.95. The Balaban J connectivity index is 2.13. The van der Waals surface area contributed by atoms with Gasteiger partial charge in [0.1, 0.15) is 0 Å². The molecule has 0 aliphatic heterocycles. The number of hydrogen-bond donors (Lipinski definition) is 0. The van der Waals surface area contributed by atoms with Gasteiger partial charge in [-0.3, -0.25) is 0 Å². The van der Waals surface area contributed by atoms with Gasteiger partial charge in [0.25, 0.3) is 0 Å². The van der Waals surface area contributed by atoms with Crippen LogP contribution in [0.1, 0.15) is 25.7 Å². The van der Waals surface area contributed by atoms with Gasteiger partial charge in [0, 0.05) is 0 Å². The lowest BCUT2D eigenvalue weighted by Crippen LogP contribution is -2.04. The van der Waals surface area contributed by atoms with Crippen LogP contribution in [0.5, 0.6) is 0 Å². The molecule has 0 amide bonds. The minimum atomic E-state index is 0.980. The Bertz CT molecular complexity index is 101. The van der Waals surface area contributed by atoms with Gasteiger partial charge in [-0.15, -0.1) is 0 Å². The van der Waals surface area contributed by atoms with Crippen molar-refractivity contribution >= 4 is 0 Å². The van der Waals surface area contributed by atoms with Gasteiger partial charge in [-0.2, -0.15) is 0 Å². The monoisotopic (exact) mass is 108 g/mol. The van der Waals surface area contributed by atoms with E-state index in [2.05, 4.69) is 12.2 Å². The second-order valence-electron chi connectivity index (χ2n) is 3.07. The molecule has 0 heterocycles. The second-order valence-corrected chi connectivity index (χ2v) is 3.07.